The van der Waals surface area contributed by atoms with Gasteiger partial charge in [-0.25, -0.2) is 0 Å². The van der Waals surface area contributed by atoms with E-state index in [2.05, 4.69) is 0 Å². The quantitative estimate of drug-likeness (QED) is 0.869. The fraction of sp³-hybridized carbons (Fsp3) is 0.429. The third-order valence-corrected chi connectivity index (χ3v) is 3.62. The van der Waals surface area contributed by atoms with Gasteiger partial charge in [0.2, 0.25) is 5.79 Å². The van der Waals surface area contributed by atoms with Crippen molar-refractivity contribution in [1.82, 2.24) is 0 Å². The molecule has 1 fully saturated rings. The lowest BCUT2D eigenvalue weighted by atomic mass is 9.79. The van der Waals surface area contributed by atoms with Crippen LogP contribution in [0, 0.1) is 5.92 Å². The highest BCUT2D eigenvalue weighted by Crippen LogP contribution is 2.55. The van der Waals surface area contributed by atoms with Gasteiger partial charge in [-0.1, -0.05) is 37.3 Å². The first-order chi connectivity index (χ1) is 8.28. The smallest absolute Gasteiger partial charge is 0.245 e. The van der Waals surface area contributed by atoms with Crippen molar-refractivity contribution < 1.29 is 14.6 Å². The van der Waals surface area contributed by atoms with Gasteiger partial charge in [0.15, 0.2) is 0 Å². The lowest BCUT2D eigenvalue weighted by Crippen LogP contribution is -2.60. The van der Waals surface area contributed by atoms with Crippen LogP contribution in [-0.2, 0) is 9.47 Å². The molecular weight excluding hydrogens is 216 g/mol. The van der Waals surface area contributed by atoms with Gasteiger partial charge in [0.25, 0.3) is 0 Å². The molecule has 0 bridgehead atoms. The van der Waals surface area contributed by atoms with E-state index in [0.29, 0.717) is 6.42 Å². The van der Waals surface area contributed by atoms with E-state index in [-0.39, 0.29) is 12.0 Å². The number of benzene rings is 1. The van der Waals surface area contributed by atoms with Crippen LogP contribution in [0.4, 0.5) is 0 Å². The summed E-state index contributed by atoms with van der Waals surface area (Å²) in [5.41, 5.74) is 1.13. The lowest BCUT2D eigenvalue weighted by Gasteiger charge is -2.51. The van der Waals surface area contributed by atoms with E-state index in [1.807, 2.05) is 43.3 Å². The van der Waals surface area contributed by atoms with Crippen LogP contribution >= 0.6 is 0 Å². The molecule has 0 spiro atoms. The van der Waals surface area contributed by atoms with Crippen molar-refractivity contribution in [3.05, 3.63) is 48.2 Å². The van der Waals surface area contributed by atoms with E-state index in [1.54, 1.807) is 6.26 Å². The maximum atomic E-state index is 10.0. The minimum Gasteiger partial charge on any atom is -0.467 e. The van der Waals surface area contributed by atoms with Crippen LogP contribution < -0.4 is 0 Å². The molecule has 2 aliphatic heterocycles. The Morgan fingerprint density at radius 1 is 1.35 bits per heavy atom. The normalized spacial score (nSPS) is 35.9. The number of rotatable bonds is 3. The average Bonchev–Trinajstić information content (AvgIpc) is 2.68. The van der Waals surface area contributed by atoms with E-state index >= 15 is 0 Å². The molecule has 0 saturated carbocycles. The predicted octanol–water partition coefficient (Wildman–Crippen LogP) is 2.39. The summed E-state index contributed by atoms with van der Waals surface area (Å²) in [5.74, 6) is -0.727. The third-order valence-electron chi connectivity index (χ3n) is 3.62. The molecule has 1 aromatic carbocycles. The van der Waals surface area contributed by atoms with Crippen LogP contribution in [0.25, 0.3) is 0 Å². The summed E-state index contributed by atoms with van der Waals surface area (Å²) >= 11 is 0. The number of hydrogen-bond donors (Lipinski definition) is 1. The fourth-order valence-electron chi connectivity index (χ4n) is 2.64. The van der Waals surface area contributed by atoms with Gasteiger partial charge in [-0.15, -0.1) is 0 Å². The van der Waals surface area contributed by atoms with Gasteiger partial charge in [0, 0.05) is 0 Å². The predicted molar refractivity (Wildman–Crippen MR) is 63.0 cm³/mol. The van der Waals surface area contributed by atoms with Crippen LogP contribution in [0.5, 0.6) is 0 Å². The number of aliphatic hydroxyl groups is 1. The molecule has 0 aromatic heterocycles. The Kier molecular flexibility index (Phi) is 2.45. The van der Waals surface area contributed by atoms with Crippen molar-refractivity contribution in [2.75, 3.05) is 0 Å². The number of ether oxygens (including phenoxy) is 2. The molecule has 0 amide bonds. The largest absolute Gasteiger partial charge is 0.467 e. The van der Waals surface area contributed by atoms with E-state index < -0.39 is 11.9 Å². The number of hydrogen-bond acceptors (Lipinski definition) is 3. The minimum atomic E-state index is -0.838. The topological polar surface area (TPSA) is 38.7 Å². The molecule has 90 valence electrons. The van der Waals surface area contributed by atoms with Crippen LogP contribution in [0.1, 0.15) is 25.0 Å². The summed E-state index contributed by atoms with van der Waals surface area (Å²) in [6.07, 6.45) is 3.67. The highest BCUT2D eigenvalue weighted by molar-refractivity contribution is 5.26. The SMILES string of the molecule is CC[C@H](O)[C@]12OC=C[C@H]1[C@@H](c1ccccc1)O2. The second kappa shape index (κ2) is 3.86. The Balaban J connectivity index is 1.84. The Morgan fingerprint density at radius 3 is 2.82 bits per heavy atom. The molecule has 2 aliphatic rings. The van der Waals surface area contributed by atoms with Crippen molar-refractivity contribution in [2.45, 2.75) is 31.3 Å². The molecule has 0 aliphatic carbocycles. The van der Waals surface area contributed by atoms with E-state index in [9.17, 15) is 5.11 Å². The van der Waals surface area contributed by atoms with Crippen LogP contribution in [0.3, 0.4) is 0 Å². The van der Waals surface area contributed by atoms with Gasteiger partial charge in [-0.3, -0.25) is 0 Å². The molecule has 1 aromatic rings. The van der Waals surface area contributed by atoms with E-state index in [1.165, 1.54) is 0 Å². The van der Waals surface area contributed by atoms with Gasteiger partial charge in [0.05, 0.1) is 18.3 Å². The zero-order valence-electron chi connectivity index (χ0n) is 9.74. The number of fused-ring (bicyclic) bond motifs is 1. The molecule has 17 heavy (non-hydrogen) atoms. The van der Waals surface area contributed by atoms with Crippen LogP contribution in [0.2, 0.25) is 0 Å². The highest BCUT2D eigenvalue weighted by atomic mass is 16.7. The van der Waals surface area contributed by atoms with Gasteiger partial charge >= 0.3 is 0 Å². The molecule has 0 unspecified atom stereocenters. The molecule has 3 heteroatoms. The Bertz CT molecular complexity index is 428. The number of aliphatic hydroxyl groups excluding tert-OH is 1. The van der Waals surface area contributed by atoms with Gasteiger partial charge in [-0.05, 0) is 18.1 Å². The van der Waals surface area contributed by atoms with Gasteiger partial charge in [0.1, 0.15) is 6.10 Å². The molecular formula is C14H16O3. The summed E-state index contributed by atoms with van der Waals surface area (Å²) < 4.78 is 11.3. The summed E-state index contributed by atoms with van der Waals surface area (Å²) in [6.45, 7) is 1.93. The van der Waals surface area contributed by atoms with E-state index in [4.69, 9.17) is 9.47 Å². The second-order valence-corrected chi connectivity index (χ2v) is 4.57. The van der Waals surface area contributed by atoms with Crippen molar-refractivity contribution in [1.29, 1.82) is 0 Å². The molecule has 3 nitrogen and oxygen atoms in total. The van der Waals surface area contributed by atoms with Crippen molar-refractivity contribution >= 4 is 0 Å². The maximum absolute atomic E-state index is 10.0. The van der Waals surface area contributed by atoms with Gasteiger partial charge < -0.3 is 14.6 Å². The van der Waals surface area contributed by atoms with Crippen LogP contribution in [0.15, 0.2) is 42.7 Å². The maximum Gasteiger partial charge on any atom is 0.245 e. The second-order valence-electron chi connectivity index (χ2n) is 4.57. The van der Waals surface area contributed by atoms with Crippen molar-refractivity contribution in [3.63, 3.8) is 0 Å². The summed E-state index contributed by atoms with van der Waals surface area (Å²) in [6, 6.07) is 10.1. The first kappa shape index (κ1) is 10.8. The summed E-state index contributed by atoms with van der Waals surface area (Å²) in [7, 11) is 0. The summed E-state index contributed by atoms with van der Waals surface area (Å²) in [5, 5.41) is 10.0. The average molecular weight is 232 g/mol. The van der Waals surface area contributed by atoms with E-state index in [0.717, 1.165) is 5.56 Å². The first-order valence-corrected chi connectivity index (χ1v) is 6.03. The third kappa shape index (κ3) is 1.43. The highest BCUT2D eigenvalue weighted by Gasteiger charge is 2.62. The molecule has 1 saturated heterocycles. The first-order valence-electron chi connectivity index (χ1n) is 6.03. The zero-order valence-corrected chi connectivity index (χ0v) is 9.74. The minimum absolute atomic E-state index is 0.00356. The Labute approximate surface area is 101 Å². The molecule has 0 radical (unpaired) electrons. The monoisotopic (exact) mass is 232 g/mol. The van der Waals surface area contributed by atoms with Crippen LogP contribution in [-0.4, -0.2) is 17.0 Å². The van der Waals surface area contributed by atoms with Crippen molar-refractivity contribution in [2.24, 2.45) is 5.92 Å². The molecule has 2 heterocycles. The fourth-order valence-corrected chi connectivity index (χ4v) is 2.64. The Morgan fingerprint density at radius 2 is 2.12 bits per heavy atom. The summed E-state index contributed by atoms with van der Waals surface area (Å²) in [4.78, 5) is 0. The Hall–Kier alpha value is -1.32. The zero-order chi connectivity index (χ0) is 11.9. The molecule has 4 atom stereocenters. The van der Waals surface area contributed by atoms with Gasteiger partial charge in [-0.2, -0.15) is 0 Å². The van der Waals surface area contributed by atoms with Crippen molar-refractivity contribution in [3.8, 4) is 0 Å². The lowest BCUT2D eigenvalue weighted by molar-refractivity contribution is -0.378. The standard InChI is InChI=1S/C14H16O3/c1-2-12(15)14-11(8-9-16-14)13(17-14)10-6-4-3-5-7-10/h3-9,11-13,15H,2H2,1H3/t11-,12-,13+,14-/m0/s1. The molecule has 1 N–H and O–H groups in total. The molecule has 3 rings (SSSR count).